The fourth-order valence-electron chi connectivity index (χ4n) is 2.74. The number of rotatable bonds is 5. The fourth-order valence-corrected chi connectivity index (χ4v) is 3.71. The van der Waals surface area contributed by atoms with Crippen LogP contribution in [0.25, 0.3) is 0 Å². The van der Waals surface area contributed by atoms with Crippen LogP contribution in [0, 0.1) is 5.92 Å². The van der Waals surface area contributed by atoms with Crippen molar-refractivity contribution in [2.45, 2.75) is 36.1 Å². The van der Waals surface area contributed by atoms with Gasteiger partial charge in [-0.1, -0.05) is 37.7 Å². The molecule has 0 saturated carbocycles. The van der Waals surface area contributed by atoms with E-state index in [1.54, 1.807) is 23.9 Å². The third kappa shape index (κ3) is 3.96. The van der Waals surface area contributed by atoms with E-state index in [1.807, 2.05) is 38.1 Å². The fraction of sp³-hybridized carbons (Fsp3) is 0.263. The van der Waals surface area contributed by atoms with Crippen molar-refractivity contribution in [2.75, 3.05) is 5.32 Å². The largest absolute Gasteiger partial charge is 0.368 e. The summed E-state index contributed by atoms with van der Waals surface area (Å²) in [6.45, 7) is 3.97. The lowest BCUT2D eigenvalue weighted by Gasteiger charge is -2.22. The molecule has 0 unspecified atom stereocenters. The van der Waals surface area contributed by atoms with Crippen LogP contribution < -0.4 is 16.4 Å². The van der Waals surface area contributed by atoms with E-state index in [2.05, 4.69) is 16.7 Å². The number of hydrogen-bond donors (Lipinski definition) is 3. The van der Waals surface area contributed by atoms with Gasteiger partial charge in [0.05, 0.1) is 11.4 Å². The highest BCUT2D eigenvalue weighted by Gasteiger charge is 2.22. The Kier molecular flexibility index (Phi) is 4.99. The second kappa shape index (κ2) is 7.19. The van der Waals surface area contributed by atoms with Crippen molar-refractivity contribution in [1.82, 2.24) is 5.32 Å². The summed E-state index contributed by atoms with van der Waals surface area (Å²) in [5, 5.41) is 6.09. The van der Waals surface area contributed by atoms with Crippen molar-refractivity contribution in [3.8, 4) is 0 Å². The molecule has 1 aliphatic rings. The van der Waals surface area contributed by atoms with Crippen LogP contribution in [-0.4, -0.2) is 17.9 Å². The van der Waals surface area contributed by atoms with Crippen LogP contribution in [0.2, 0.25) is 0 Å². The maximum absolute atomic E-state index is 12.5. The number of fused-ring (bicyclic) bond motifs is 2. The van der Waals surface area contributed by atoms with E-state index in [4.69, 9.17) is 5.73 Å². The molecule has 0 fully saturated rings. The second-order valence-electron chi connectivity index (χ2n) is 6.49. The number of nitrogens with one attached hydrogen (secondary N) is 2. The Morgan fingerprint density at radius 3 is 2.56 bits per heavy atom. The van der Waals surface area contributed by atoms with E-state index in [1.165, 1.54) is 0 Å². The minimum absolute atomic E-state index is 0.260. The van der Waals surface area contributed by atoms with Crippen molar-refractivity contribution in [3.05, 3.63) is 48.0 Å². The smallest absolute Gasteiger partial charge is 0.252 e. The first kappa shape index (κ1) is 17.4. The van der Waals surface area contributed by atoms with Crippen molar-refractivity contribution < 1.29 is 9.59 Å². The summed E-state index contributed by atoms with van der Waals surface area (Å²) < 4.78 is 0. The Morgan fingerprint density at radius 2 is 1.84 bits per heavy atom. The second-order valence-corrected chi connectivity index (χ2v) is 7.58. The zero-order valence-corrected chi connectivity index (χ0v) is 15.0. The molecule has 2 amide bonds. The van der Waals surface area contributed by atoms with Crippen LogP contribution in [0.3, 0.4) is 0 Å². The number of anilines is 2. The third-order valence-corrected chi connectivity index (χ3v) is 5.13. The lowest BCUT2D eigenvalue weighted by molar-refractivity contribution is -0.120. The molecular formula is C19H21N3O2S. The molecule has 1 heterocycles. The van der Waals surface area contributed by atoms with Crippen molar-refractivity contribution in [3.63, 3.8) is 0 Å². The lowest BCUT2D eigenvalue weighted by atomic mass is 10.0. The van der Waals surface area contributed by atoms with E-state index >= 15 is 0 Å². The molecular weight excluding hydrogens is 334 g/mol. The van der Waals surface area contributed by atoms with Crippen LogP contribution in [-0.2, 0) is 4.79 Å². The average Bonchev–Trinajstić information content (AvgIpc) is 2.58. The molecule has 3 rings (SSSR count). The van der Waals surface area contributed by atoms with Gasteiger partial charge in [-0.15, -0.1) is 0 Å². The highest BCUT2D eigenvalue weighted by atomic mass is 32.2. The number of amides is 2. The molecule has 0 aliphatic carbocycles. The number of carbonyl (C=O) groups is 2. The third-order valence-electron chi connectivity index (χ3n) is 3.97. The summed E-state index contributed by atoms with van der Waals surface area (Å²) in [5.74, 6) is -0.545. The van der Waals surface area contributed by atoms with Crippen LogP contribution in [0.5, 0.6) is 0 Å². The van der Waals surface area contributed by atoms with Gasteiger partial charge >= 0.3 is 0 Å². The molecule has 6 heteroatoms. The normalized spacial score (nSPS) is 13.4. The topological polar surface area (TPSA) is 84.2 Å². The molecule has 1 aliphatic heterocycles. The minimum atomic E-state index is -0.661. The molecule has 25 heavy (non-hydrogen) atoms. The van der Waals surface area contributed by atoms with Gasteiger partial charge in [0, 0.05) is 15.4 Å². The van der Waals surface area contributed by atoms with Gasteiger partial charge in [-0.05, 0) is 42.7 Å². The summed E-state index contributed by atoms with van der Waals surface area (Å²) in [6, 6.07) is 12.9. The molecule has 0 aromatic heterocycles. The van der Waals surface area contributed by atoms with E-state index in [0.29, 0.717) is 12.0 Å². The Balaban J connectivity index is 1.78. The molecule has 0 bridgehead atoms. The van der Waals surface area contributed by atoms with Gasteiger partial charge in [0.15, 0.2) is 0 Å². The number of para-hydroxylation sites is 1. The Hall–Kier alpha value is -2.47. The molecule has 130 valence electrons. The van der Waals surface area contributed by atoms with Crippen molar-refractivity contribution in [1.29, 1.82) is 0 Å². The summed E-state index contributed by atoms with van der Waals surface area (Å²) in [4.78, 5) is 26.3. The minimum Gasteiger partial charge on any atom is -0.368 e. The number of primary amides is 1. The molecule has 0 radical (unpaired) electrons. The van der Waals surface area contributed by atoms with Gasteiger partial charge in [0.1, 0.15) is 6.04 Å². The van der Waals surface area contributed by atoms with Crippen LogP contribution in [0.15, 0.2) is 52.3 Å². The molecule has 4 N–H and O–H groups in total. The van der Waals surface area contributed by atoms with E-state index in [0.717, 1.165) is 21.2 Å². The highest BCUT2D eigenvalue weighted by molar-refractivity contribution is 7.99. The number of nitrogens with two attached hydrogens (primary N) is 1. The standard InChI is InChI=1S/C19H21N3O2S/c1-11(2)9-15(18(20)23)22-19(24)12-7-8-17-14(10-12)21-13-5-3-4-6-16(13)25-17/h3-8,10-11,15,21H,9H2,1-2H3,(H2,20,23)(H,22,24)/t15-/m0/s1. The van der Waals surface area contributed by atoms with Crippen molar-refractivity contribution >= 4 is 35.0 Å². The van der Waals surface area contributed by atoms with Crippen LogP contribution >= 0.6 is 11.8 Å². The summed E-state index contributed by atoms with van der Waals surface area (Å²) in [6.07, 6.45) is 0.521. The van der Waals surface area contributed by atoms with Crippen LogP contribution in [0.1, 0.15) is 30.6 Å². The Morgan fingerprint density at radius 1 is 1.12 bits per heavy atom. The first-order valence-electron chi connectivity index (χ1n) is 8.22. The predicted molar refractivity (Wildman–Crippen MR) is 100 cm³/mol. The average molecular weight is 355 g/mol. The summed E-state index contributed by atoms with van der Waals surface area (Å²) >= 11 is 1.66. The molecule has 2 aromatic rings. The Labute approximate surface area is 151 Å². The zero-order valence-electron chi connectivity index (χ0n) is 14.2. The lowest BCUT2D eigenvalue weighted by Crippen LogP contribution is -2.45. The zero-order chi connectivity index (χ0) is 18.0. The maximum Gasteiger partial charge on any atom is 0.252 e. The van der Waals surface area contributed by atoms with Gasteiger partial charge in [0.25, 0.3) is 5.91 Å². The molecule has 2 aromatic carbocycles. The maximum atomic E-state index is 12.5. The van der Waals surface area contributed by atoms with Gasteiger partial charge in [-0.3, -0.25) is 9.59 Å². The highest BCUT2D eigenvalue weighted by Crippen LogP contribution is 2.44. The van der Waals surface area contributed by atoms with Crippen LogP contribution in [0.4, 0.5) is 11.4 Å². The molecule has 5 nitrogen and oxygen atoms in total. The SMILES string of the molecule is CC(C)C[C@H](NC(=O)c1ccc2c(c1)Nc1ccccc1S2)C(N)=O. The summed E-state index contributed by atoms with van der Waals surface area (Å²) in [5.41, 5.74) is 7.81. The number of hydrogen-bond acceptors (Lipinski definition) is 4. The van der Waals surface area contributed by atoms with E-state index in [9.17, 15) is 9.59 Å². The number of benzene rings is 2. The molecule has 1 atom stereocenters. The quantitative estimate of drug-likeness (QED) is 0.654. The van der Waals surface area contributed by atoms with E-state index in [-0.39, 0.29) is 11.8 Å². The Bertz CT molecular complexity index is 820. The first-order chi connectivity index (χ1) is 11.9. The number of carbonyl (C=O) groups excluding carboxylic acids is 2. The monoisotopic (exact) mass is 355 g/mol. The van der Waals surface area contributed by atoms with Gasteiger partial charge < -0.3 is 16.4 Å². The summed E-state index contributed by atoms with van der Waals surface area (Å²) in [7, 11) is 0. The van der Waals surface area contributed by atoms with Crippen molar-refractivity contribution in [2.24, 2.45) is 11.7 Å². The van der Waals surface area contributed by atoms with E-state index < -0.39 is 11.9 Å². The van der Waals surface area contributed by atoms with Gasteiger partial charge in [-0.2, -0.15) is 0 Å². The molecule has 0 saturated heterocycles. The van der Waals surface area contributed by atoms with Gasteiger partial charge in [0.2, 0.25) is 5.91 Å². The first-order valence-corrected chi connectivity index (χ1v) is 9.04. The molecule has 0 spiro atoms. The van der Waals surface area contributed by atoms with Gasteiger partial charge in [-0.25, -0.2) is 0 Å². The predicted octanol–water partition coefficient (Wildman–Crippen LogP) is 3.52.